The van der Waals surface area contributed by atoms with Gasteiger partial charge < -0.3 is 9.47 Å². The van der Waals surface area contributed by atoms with Gasteiger partial charge in [0.05, 0.1) is 12.2 Å². The Morgan fingerprint density at radius 2 is 2.05 bits per heavy atom. The Labute approximate surface area is 126 Å². The molecule has 1 aromatic rings. The monoisotopic (exact) mass is 291 g/mol. The molecule has 0 amide bonds. The van der Waals surface area contributed by atoms with Gasteiger partial charge in [0.15, 0.2) is 0 Å². The highest BCUT2D eigenvalue weighted by molar-refractivity contribution is 5.81. The van der Waals surface area contributed by atoms with Gasteiger partial charge in [0.1, 0.15) is 5.54 Å². The van der Waals surface area contributed by atoms with E-state index in [2.05, 4.69) is 17.4 Å². The average molecular weight is 291 g/mol. The molecule has 1 unspecified atom stereocenters. The van der Waals surface area contributed by atoms with Crippen molar-refractivity contribution in [2.45, 2.75) is 51.3 Å². The van der Waals surface area contributed by atoms with Gasteiger partial charge in [-0.3, -0.25) is 10.1 Å². The molecule has 0 radical (unpaired) electrons. The minimum absolute atomic E-state index is 0.169. The number of hydrogen-bond donors (Lipinski definition) is 1. The zero-order valence-electron chi connectivity index (χ0n) is 13.1. The van der Waals surface area contributed by atoms with Gasteiger partial charge in [0, 0.05) is 19.6 Å². The van der Waals surface area contributed by atoms with Gasteiger partial charge in [-0.1, -0.05) is 30.3 Å². The number of benzene rings is 1. The van der Waals surface area contributed by atoms with Crippen molar-refractivity contribution in [1.29, 1.82) is 0 Å². The summed E-state index contributed by atoms with van der Waals surface area (Å²) in [7, 11) is 0. The van der Waals surface area contributed by atoms with Crippen LogP contribution in [0.25, 0.3) is 0 Å². The van der Waals surface area contributed by atoms with Crippen molar-refractivity contribution in [3.8, 4) is 0 Å². The summed E-state index contributed by atoms with van der Waals surface area (Å²) >= 11 is 0. The lowest BCUT2D eigenvalue weighted by atomic mass is 9.81. The molecule has 1 aliphatic heterocycles. The van der Waals surface area contributed by atoms with Gasteiger partial charge in [-0.25, -0.2) is 0 Å². The van der Waals surface area contributed by atoms with E-state index in [0.717, 1.165) is 5.56 Å². The van der Waals surface area contributed by atoms with Crippen molar-refractivity contribution in [1.82, 2.24) is 5.32 Å². The van der Waals surface area contributed by atoms with Gasteiger partial charge in [-0.15, -0.1) is 0 Å². The molecule has 0 aliphatic carbocycles. The predicted octanol–water partition coefficient (Wildman–Crippen LogP) is 2.67. The quantitative estimate of drug-likeness (QED) is 0.847. The molecule has 4 nitrogen and oxygen atoms in total. The number of ether oxygens (including phenoxy) is 2. The van der Waals surface area contributed by atoms with Crippen LogP contribution in [0, 0.1) is 0 Å². The zero-order chi connectivity index (χ0) is 15.3. The first-order valence-electron chi connectivity index (χ1n) is 7.58. The van der Waals surface area contributed by atoms with Crippen LogP contribution in [0.2, 0.25) is 0 Å². The van der Waals surface area contributed by atoms with Crippen LogP contribution in [0.1, 0.15) is 39.2 Å². The lowest BCUT2D eigenvalue weighted by Crippen LogP contribution is -2.60. The molecule has 1 heterocycles. The van der Waals surface area contributed by atoms with Crippen molar-refractivity contribution in [3.05, 3.63) is 35.9 Å². The Balaban J connectivity index is 2.14. The van der Waals surface area contributed by atoms with E-state index in [1.165, 1.54) is 0 Å². The topological polar surface area (TPSA) is 47.6 Å². The van der Waals surface area contributed by atoms with Crippen LogP contribution in [0.3, 0.4) is 0 Å². The van der Waals surface area contributed by atoms with Crippen molar-refractivity contribution in [2.75, 3.05) is 13.2 Å². The first kappa shape index (κ1) is 16.0. The fraction of sp³-hybridized carbons (Fsp3) is 0.588. The zero-order valence-corrected chi connectivity index (χ0v) is 13.1. The van der Waals surface area contributed by atoms with Gasteiger partial charge >= 0.3 is 5.97 Å². The van der Waals surface area contributed by atoms with Gasteiger partial charge in [0.2, 0.25) is 0 Å². The first-order chi connectivity index (χ1) is 9.97. The van der Waals surface area contributed by atoms with Crippen LogP contribution in [0.5, 0.6) is 0 Å². The Kier molecular flexibility index (Phi) is 5.01. The second-order valence-electron chi connectivity index (χ2n) is 6.18. The molecule has 21 heavy (non-hydrogen) atoms. The lowest BCUT2D eigenvalue weighted by Gasteiger charge is -2.43. The van der Waals surface area contributed by atoms with Crippen molar-refractivity contribution in [2.24, 2.45) is 0 Å². The second kappa shape index (κ2) is 6.58. The summed E-state index contributed by atoms with van der Waals surface area (Å²) in [5.41, 5.74) is 0.174. The average Bonchev–Trinajstić information content (AvgIpc) is 2.45. The molecule has 0 bridgehead atoms. The predicted molar refractivity (Wildman–Crippen MR) is 81.9 cm³/mol. The number of carbonyl (C=O) groups excluding carboxylic acids is 1. The third kappa shape index (κ3) is 4.05. The molecule has 0 saturated carbocycles. The smallest absolute Gasteiger partial charge is 0.326 e. The van der Waals surface area contributed by atoms with E-state index >= 15 is 0 Å². The van der Waals surface area contributed by atoms with Gasteiger partial charge in [-0.05, 0) is 32.8 Å². The third-order valence-electron chi connectivity index (χ3n) is 3.89. The van der Waals surface area contributed by atoms with Gasteiger partial charge in [0.25, 0.3) is 0 Å². The number of nitrogens with one attached hydrogen (secondary N) is 1. The number of hydrogen-bond acceptors (Lipinski definition) is 4. The van der Waals surface area contributed by atoms with E-state index in [-0.39, 0.29) is 11.6 Å². The maximum absolute atomic E-state index is 12.5. The molecule has 2 rings (SSSR count). The van der Waals surface area contributed by atoms with E-state index in [9.17, 15) is 4.79 Å². The molecule has 1 aromatic carbocycles. The van der Waals surface area contributed by atoms with Crippen LogP contribution < -0.4 is 5.32 Å². The summed E-state index contributed by atoms with van der Waals surface area (Å²) in [4.78, 5) is 12.5. The van der Waals surface area contributed by atoms with E-state index in [0.29, 0.717) is 32.6 Å². The molecule has 4 heteroatoms. The van der Waals surface area contributed by atoms with E-state index in [1.54, 1.807) is 0 Å². The largest absolute Gasteiger partial charge is 0.465 e. The van der Waals surface area contributed by atoms with Crippen molar-refractivity contribution >= 4 is 5.97 Å². The Bertz CT molecular complexity index is 472. The molecular weight excluding hydrogens is 266 g/mol. The molecule has 1 aliphatic rings. The minimum Gasteiger partial charge on any atom is -0.465 e. The first-order valence-corrected chi connectivity index (χ1v) is 7.58. The maximum atomic E-state index is 12.5. The second-order valence-corrected chi connectivity index (χ2v) is 6.18. The summed E-state index contributed by atoms with van der Waals surface area (Å²) in [6.45, 7) is 7.49. The van der Waals surface area contributed by atoms with Crippen LogP contribution in [0.15, 0.2) is 30.3 Å². The molecule has 1 fully saturated rings. The molecule has 1 atom stereocenters. The van der Waals surface area contributed by atoms with E-state index in [4.69, 9.17) is 9.47 Å². The third-order valence-corrected chi connectivity index (χ3v) is 3.89. The molecule has 1 N–H and O–H groups in total. The molecule has 0 aromatic heterocycles. The molecular formula is C17H25NO3. The lowest BCUT2D eigenvalue weighted by molar-refractivity contribution is -0.164. The summed E-state index contributed by atoms with van der Waals surface area (Å²) in [6, 6.07) is 10.1. The summed E-state index contributed by atoms with van der Waals surface area (Å²) < 4.78 is 11.1. The number of carbonyl (C=O) groups is 1. The van der Waals surface area contributed by atoms with Crippen LogP contribution in [0.4, 0.5) is 0 Å². The highest BCUT2D eigenvalue weighted by Crippen LogP contribution is 2.33. The van der Waals surface area contributed by atoms with Crippen molar-refractivity contribution in [3.63, 3.8) is 0 Å². The molecule has 0 spiro atoms. The van der Waals surface area contributed by atoms with Crippen LogP contribution in [-0.2, 0) is 20.8 Å². The summed E-state index contributed by atoms with van der Waals surface area (Å²) in [5, 5.41) is 3.44. The standard InChI is InChI=1S/C17H25NO3/c1-4-20-15(19)17(10-11-21-16(2,3)13-17)18-12-14-8-6-5-7-9-14/h5-9,18H,4,10-13H2,1-3H3. The summed E-state index contributed by atoms with van der Waals surface area (Å²) in [6.07, 6.45) is 1.26. The Morgan fingerprint density at radius 3 is 2.67 bits per heavy atom. The van der Waals surface area contributed by atoms with Crippen molar-refractivity contribution < 1.29 is 14.3 Å². The van der Waals surface area contributed by atoms with Crippen LogP contribution >= 0.6 is 0 Å². The highest BCUT2D eigenvalue weighted by Gasteiger charge is 2.47. The van der Waals surface area contributed by atoms with Gasteiger partial charge in [-0.2, -0.15) is 0 Å². The normalized spacial score (nSPS) is 24.5. The van der Waals surface area contributed by atoms with E-state index in [1.807, 2.05) is 39.0 Å². The number of rotatable bonds is 5. The highest BCUT2D eigenvalue weighted by atomic mass is 16.5. The fourth-order valence-corrected chi connectivity index (χ4v) is 2.90. The SMILES string of the molecule is CCOC(=O)C1(NCc2ccccc2)CCOC(C)(C)C1. The fourth-order valence-electron chi connectivity index (χ4n) is 2.90. The minimum atomic E-state index is -0.659. The van der Waals surface area contributed by atoms with Crippen LogP contribution in [-0.4, -0.2) is 30.3 Å². The molecule has 116 valence electrons. The van der Waals surface area contributed by atoms with E-state index < -0.39 is 5.54 Å². The number of esters is 1. The Hall–Kier alpha value is -1.39. The maximum Gasteiger partial charge on any atom is 0.326 e. The summed E-state index contributed by atoms with van der Waals surface area (Å²) in [5.74, 6) is -0.169. The Morgan fingerprint density at radius 1 is 1.33 bits per heavy atom. The molecule has 1 saturated heterocycles.